The first-order chi connectivity index (χ1) is 15.3. The highest BCUT2D eigenvalue weighted by molar-refractivity contribution is 8.03. The molecule has 0 aromatic rings. The van der Waals surface area contributed by atoms with Gasteiger partial charge >= 0.3 is 5.97 Å². The van der Waals surface area contributed by atoms with Crippen LogP contribution < -0.4 is 10.6 Å². The first kappa shape index (κ1) is 25.1. The van der Waals surface area contributed by atoms with Gasteiger partial charge in [0.25, 0.3) is 0 Å². The Morgan fingerprint density at radius 1 is 1.25 bits per heavy atom. The quantitative estimate of drug-likeness (QED) is 0.256. The third-order valence-electron chi connectivity index (χ3n) is 6.84. The fraction of sp³-hybridized carbons (Fsp3) is 0.783. The van der Waals surface area contributed by atoms with Gasteiger partial charge in [0.05, 0.1) is 24.1 Å². The smallest absolute Gasteiger partial charge is 0.353 e. The van der Waals surface area contributed by atoms with Crippen LogP contribution >= 0.6 is 11.8 Å². The third kappa shape index (κ3) is 5.15. The molecule has 3 aliphatic heterocycles. The number of carbonyl (C=O) groups is 3. The summed E-state index contributed by atoms with van der Waals surface area (Å²) in [5.74, 6) is -2.13. The molecule has 0 radical (unpaired) electrons. The second kappa shape index (κ2) is 11.0. The van der Waals surface area contributed by atoms with E-state index in [1.54, 1.807) is 6.92 Å². The molecule has 32 heavy (non-hydrogen) atoms. The Bertz CT molecular complexity index is 756. The number of nitrogens with zero attached hydrogens (tertiary/aromatic N) is 1. The minimum absolute atomic E-state index is 0.00160. The molecule has 6 atom stereocenters. The predicted molar refractivity (Wildman–Crippen MR) is 124 cm³/mol. The molecule has 3 aliphatic rings. The van der Waals surface area contributed by atoms with Crippen molar-refractivity contribution in [3.63, 3.8) is 0 Å². The lowest BCUT2D eigenvalue weighted by molar-refractivity contribution is -0.163. The molecule has 9 heteroatoms. The summed E-state index contributed by atoms with van der Waals surface area (Å²) in [5.41, 5.74) is 0.0466. The van der Waals surface area contributed by atoms with Crippen molar-refractivity contribution < 1.29 is 24.6 Å². The first-order valence-corrected chi connectivity index (χ1v) is 12.8. The van der Waals surface area contributed by atoms with Gasteiger partial charge in [-0.15, -0.1) is 11.8 Å². The number of hydrogen-bond acceptors (Lipinski definition) is 6. The highest BCUT2D eigenvalue weighted by Crippen LogP contribution is 2.51. The maximum atomic E-state index is 12.5. The standard InChI is InChI=1S/C23H37N3O5S/c1-4-5-6-7-8-9-10-24-21(28)16-11-15(12-25-16)32-20-13(2)18-17(14(3)27)22(29)26(18)19(20)23(30)31/h13-18,25,27H,4-12H2,1-3H3,(H,24,28)(H,30,31)/t13-,14-,15+,16+,17-,18?/m1/s1. The van der Waals surface area contributed by atoms with Crippen LogP contribution in [0.4, 0.5) is 0 Å². The average molecular weight is 468 g/mol. The summed E-state index contributed by atoms with van der Waals surface area (Å²) in [6, 6.07) is -0.580. The van der Waals surface area contributed by atoms with Crippen LogP contribution in [0, 0.1) is 11.8 Å². The van der Waals surface area contributed by atoms with Crippen molar-refractivity contribution in [3.8, 4) is 0 Å². The van der Waals surface area contributed by atoms with E-state index in [0.29, 0.717) is 24.4 Å². The number of carboxylic acids is 1. The molecule has 0 saturated carbocycles. The number of unbranched alkanes of at least 4 members (excludes halogenated alkanes) is 5. The number of aliphatic carboxylic acids is 1. The van der Waals surface area contributed by atoms with Crippen LogP contribution in [0.25, 0.3) is 0 Å². The summed E-state index contributed by atoms with van der Waals surface area (Å²) < 4.78 is 0. The lowest BCUT2D eigenvalue weighted by Gasteiger charge is -2.46. The SMILES string of the molecule is CCCCCCCCNC(=O)[C@@H]1C[C@H](SC2=C(C(=O)O)N3C(=O)[C@H]([C@@H](C)O)C3[C@H]2C)CN1. The van der Waals surface area contributed by atoms with Crippen LogP contribution in [0.5, 0.6) is 0 Å². The Balaban J connectivity index is 1.51. The second-order valence-corrected chi connectivity index (χ2v) is 10.6. The summed E-state index contributed by atoms with van der Waals surface area (Å²) in [6.07, 6.45) is 6.88. The summed E-state index contributed by atoms with van der Waals surface area (Å²) in [5, 5.41) is 26.1. The summed E-state index contributed by atoms with van der Waals surface area (Å²) in [6.45, 7) is 6.99. The number of thioether (sulfide) groups is 1. The minimum atomic E-state index is -1.11. The zero-order valence-corrected chi connectivity index (χ0v) is 20.1. The number of β-lactam (4-membered cyclic amide) rings is 1. The Kier molecular flexibility index (Phi) is 8.63. The number of carbonyl (C=O) groups excluding carboxylic acids is 2. The van der Waals surface area contributed by atoms with Crippen molar-refractivity contribution in [2.75, 3.05) is 13.1 Å². The third-order valence-corrected chi connectivity index (χ3v) is 8.35. The Labute approximate surface area is 194 Å². The number of fused-ring (bicyclic) bond motifs is 1. The number of aliphatic hydroxyl groups excluding tert-OH is 1. The number of carboxylic acid groups (broad SMARTS) is 1. The maximum absolute atomic E-state index is 12.5. The van der Waals surface area contributed by atoms with Crippen molar-refractivity contribution in [1.82, 2.24) is 15.5 Å². The molecular formula is C23H37N3O5S. The predicted octanol–water partition coefficient (Wildman–Crippen LogP) is 2.08. The Hall–Kier alpha value is -1.58. The number of nitrogens with one attached hydrogen (secondary N) is 2. The highest BCUT2D eigenvalue weighted by atomic mass is 32.2. The number of aliphatic hydroxyl groups is 1. The van der Waals surface area contributed by atoms with E-state index in [1.165, 1.54) is 42.3 Å². The lowest BCUT2D eigenvalue weighted by atomic mass is 9.79. The summed E-state index contributed by atoms with van der Waals surface area (Å²) >= 11 is 1.46. The first-order valence-electron chi connectivity index (χ1n) is 11.9. The molecular weight excluding hydrogens is 430 g/mol. The number of rotatable bonds is 12. The molecule has 1 unspecified atom stereocenters. The molecule has 2 amide bonds. The summed E-state index contributed by atoms with van der Waals surface area (Å²) in [7, 11) is 0. The van der Waals surface area contributed by atoms with Gasteiger partial charge in [0.1, 0.15) is 5.70 Å². The van der Waals surface area contributed by atoms with E-state index < -0.39 is 18.0 Å². The minimum Gasteiger partial charge on any atom is -0.477 e. The monoisotopic (exact) mass is 467 g/mol. The van der Waals surface area contributed by atoms with Crippen LogP contribution in [0.3, 0.4) is 0 Å². The van der Waals surface area contributed by atoms with Gasteiger partial charge in [-0.1, -0.05) is 46.0 Å². The fourth-order valence-electron chi connectivity index (χ4n) is 5.09. The molecule has 0 aromatic carbocycles. The van der Waals surface area contributed by atoms with E-state index in [1.807, 2.05) is 6.92 Å². The Morgan fingerprint density at radius 2 is 1.94 bits per heavy atom. The molecule has 2 saturated heterocycles. The van der Waals surface area contributed by atoms with Gasteiger partial charge in [0.2, 0.25) is 11.8 Å². The molecule has 3 rings (SSSR count). The van der Waals surface area contributed by atoms with Crippen molar-refractivity contribution in [2.24, 2.45) is 11.8 Å². The largest absolute Gasteiger partial charge is 0.477 e. The zero-order chi connectivity index (χ0) is 23.4. The topological polar surface area (TPSA) is 119 Å². The summed E-state index contributed by atoms with van der Waals surface area (Å²) in [4.78, 5) is 38.9. The van der Waals surface area contributed by atoms with E-state index in [-0.39, 0.29) is 40.8 Å². The Morgan fingerprint density at radius 3 is 2.59 bits per heavy atom. The van der Waals surface area contributed by atoms with Crippen LogP contribution in [0.1, 0.15) is 65.7 Å². The molecule has 180 valence electrons. The van der Waals surface area contributed by atoms with Crippen LogP contribution in [0.15, 0.2) is 10.6 Å². The molecule has 0 spiro atoms. The van der Waals surface area contributed by atoms with Crippen LogP contribution in [-0.4, -0.2) is 69.4 Å². The molecule has 2 fully saturated rings. The molecule has 0 aliphatic carbocycles. The normalized spacial score (nSPS) is 30.3. The number of amides is 2. The van der Waals surface area contributed by atoms with Crippen molar-refractivity contribution >= 4 is 29.5 Å². The van der Waals surface area contributed by atoms with Crippen molar-refractivity contribution in [3.05, 3.63) is 10.6 Å². The fourth-order valence-corrected chi connectivity index (χ4v) is 6.57. The van der Waals surface area contributed by atoms with Crippen LogP contribution in [-0.2, 0) is 14.4 Å². The molecule has 4 N–H and O–H groups in total. The molecule has 3 heterocycles. The number of hydrogen-bond donors (Lipinski definition) is 4. The van der Waals surface area contributed by atoms with E-state index in [0.717, 1.165) is 12.8 Å². The van der Waals surface area contributed by atoms with Gasteiger partial charge < -0.3 is 25.7 Å². The highest BCUT2D eigenvalue weighted by Gasteiger charge is 2.60. The van der Waals surface area contributed by atoms with Crippen LogP contribution in [0.2, 0.25) is 0 Å². The van der Waals surface area contributed by atoms with E-state index in [9.17, 15) is 24.6 Å². The van der Waals surface area contributed by atoms with Gasteiger partial charge in [-0.2, -0.15) is 0 Å². The van der Waals surface area contributed by atoms with E-state index in [4.69, 9.17) is 0 Å². The van der Waals surface area contributed by atoms with E-state index in [2.05, 4.69) is 17.6 Å². The molecule has 8 nitrogen and oxygen atoms in total. The zero-order valence-electron chi connectivity index (χ0n) is 19.3. The van der Waals surface area contributed by atoms with Gasteiger partial charge in [-0.05, 0) is 19.8 Å². The molecule has 0 aromatic heterocycles. The maximum Gasteiger partial charge on any atom is 0.353 e. The van der Waals surface area contributed by atoms with Gasteiger partial charge in [-0.25, -0.2) is 4.79 Å². The molecule has 0 bridgehead atoms. The van der Waals surface area contributed by atoms with Gasteiger partial charge in [0.15, 0.2) is 0 Å². The van der Waals surface area contributed by atoms with Gasteiger partial charge in [-0.3, -0.25) is 9.59 Å². The average Bonchev–Trinajstić information content (AvgIpc) is 3.29. The second-order valence-electron chi connectivity index (χ2n) is 9.27. The lowest BCUT2D eigenvalue weighted by Crippen LogP contribution is -2.63. The van der Waals surface area contributed by atoms with Gasteiger partial charge in [0, 0.05) is 29.2 Å². The van der Waals surface area contributed by atoms with Crippen molar-refractivity contribution in [1.29, 1.82) is 0 Å². The van der Waals surface area contributed by atoms with E-state index >= 15 is 0 Å². The van der Waals surface area contributed by atoms with Crippen molar-refractivity contribution in [2.45, 2.75) is 89.2 Å².